The van der Waals surface area contributed by atoms with E-state index in [1.807, 2.05) is 37.4 Å². The van der Waals surface area contributed by atoms with Crippen LogP contribution in [0, 0.1) is 6.92 Å². The van der Waals surface area contributed by atoms with Gasteiger partial charge in [0.2, 0.25) is 0 Å². The van der Waals surface area contributed by atoms with Crippen LogP contribution in [-0.4, -0.2) is 27.6 Å². The third-order valence-electron chi connectivity index (χ3n) is 4.46. The number of hydrogen-bond acceptors (Lipinski definition) is 3. The van der Waals surface area contributed by atoms with Crippen LogP contribution in [0.2, 0.25) is 5.02 Å². The van der Waals surface area contributed by atoms with Crippen molar-refractivity contribution in [3.8, 4) is 11.4 Å². The average molecular weight is 327 g/mol. The van der Waals surface area contributed by atoms with E-state index in [9.17, 15) is 0 Å². The molecule has 0 atom stereocenters. The maximum Gasteiger partial charge on any atom is 0.160 e. The highest BCUT2D eigenvalue weighted by molar-refractivity contribution is 6.33. The second kappa shape index (κ2) is 5.95. The molecule has 1 aromatic carbocycles. The molecule has 1 N–H and O–H groups in total. The number of aryl methyl sites for hydroxylation is 1. The first kappa shape index (κ1) is 14.7. The standard InChI is InChI=1S/C18H19ClN4/c1-12-10-16-18(21-11-12)23(13-6-8-20-9-7-13)17(22-16)14-4-2-3-5-15(14)19/h2-5,10-11,13,20H,6-9H2,1H3. The fraction of sp³-hybridized carbons (Fsp3) is 0.333. The predicted molar refractivity (Wildman–Crippen MR) is 93.9 cm³/mol. The Kier molecular flexibility index (Phi) is 3.79. The van der Waals surface area contributed by atoms with Crippen LogP contribution in [0.5, 0.6) is 0 Å². The molecule has 1 fully saturated rings. The topological polar surface area (TPSA) is 42.7 Å². The maximum absolute atomic E-state index is 6.44. The monoisotopic (exact) mass is 326 g/mol. The molecular weight excluding hydrogens is 308 g/mol. The van der Waals surface area contributed by atoms with Gasteiger partial charge >= 0.3 is 0 Å². The highest BCUT2D eigenvalue weighted by atomic mass is 35.5. The Morgan fingerprint density at radius 2 is 2.00 bits per heavy atom. The van der Waals surface area contributed by atoms with Crippen molar-refractivity contribution in [3.63, 3.8) is 0 Å². The molecule has 0 aliphatic carbocycles. The molecule has 118 valence electrons. The summed E-state index contributed by atoms with van der Waals surface area (Å²) in [7, 11) is 0. The van der Waals surface area contributed by atoms with Crippen LogP contribution >= 0.6 is 11.6 Å². The second-order valence-electron chi connectivity index (χ2n) is 6.12. The molecule has 5 heteroatoms. The summed E-state index contributed by atoms with van der Waals surface area (Å²) in [5.74, 6) is 0.926. The lowest BCUT2D eigenvalue weighted by Gasteiger charge is -2.26. The maximum atomic E-state index is 6.44. The molecule has 1 aliphatic heterocycles. The SMILES string of the molecule is Cc1cnc2c(c1)nc(-c1ccccc1Cl)n2C1CCNCC1. The van der Waals surface area contributed by atoms with Gasteiger partial charge in [0.05, 0.1) is 5.02 Å². The lowest BCUT2D eigenvalue weighted by Crippen LogP contribution is -2.29. The van der Waals surface area contributed by atoms with Gasteiger partial charge in [-0.1, -0.05) is 23.7 Å². The quantitative estimate of drug-likeness (QED) is 0.774. The van der Waals surface area contributed by atoms with E-state index in [1.165, 1.54) is 0 Å². The first-order valence-corrected chi connectivity index (χ1v) is 8.42. The first-order valence-electron chi connectivity index (χ1n) is 8.04. The zero-order chi connectivity index (χ0) is 15.8. The van der Waals surface area contributed by atoms with Gasteiger partial charge in [-0.25, -0.2) is 9.97 Å². The van der Waals surface area contributed by atoms with E-state index >= 15 is 0 Å². The third kappa shape index (κ3) is 2.62. The minimum Gasteiger partial charge on any atom is -0.317 e. The molecule has 0 spiro atoms. The lowest BCUT2D eigenvalue weighted by molar-refractivity contribution is 0.376. The van der Waals surface area contributed by atoms with E-state index in [0.29, 0.717) is 6.04 Å². The van der Waals surface area contributed by atoms with E-state index in [-0.39, 0.29) is 0 Å². The molecule has 4 nitrogen and oxygen atoms in total. The molecule has 0 radical (unpaired) electrons. The van der Waals surface area contributed by atoms with Crippen LogP contribution in [0.3, 0.4) is 0 Å². The predicted octanol–water partition coefficient (Wildman–Crippen LogP) is 3.98. The van der Waals surface area contributed by atoms with Gasteiger partial charge < -0.3 is 9.88 Å². The van der Waals surface area contributed by atoms with Gasteiger partial charge in [0.25, 0.3) is 0 Å². The molecule has 23 heavy (non-hydrogen) atoms. The van der Waals surface area contributed by atoms with Gasteiger partial charge in [0.1, 0.15) is 11.3 Å². The van der Waals surface area contributed by atoms with Crippen molar-refractivity contribution in [2.24, 2.45) is 0 Å². The lowest BCUT2D eigenvalue weighted by atomic mass is 10.1. The number of imidazole rings is 1. The van der Waals surface area contributed by atoms with E-state index in [4.69, 9.17) is 16.6 Å². The summed E-state index contributed by atoms with van der Waals surface area (Å²) in [6.07, 6.45) is 4.08. The number of fused-ring (bicyclic) bond motifs is 1. The summed E-state index contributed by atoms with van der Waals surface area (Å²) in [5.41, 5.74) is 4.00. The zero-order valence-corrected chi connectivity index (χ0v) is 13.8. The third-order valence-corrected chi connectivity index (χ3v) is 4.78. The minimum absolute atomic E-state index is 0.405. The van der Waals surface area contributed by atoms with Crippen molar-refractivity contribution in [1.29, 1.82) is 0 Å². The summed E-state index contributed by atoms with van der Waals surface area (Å²) in [6, 6.07) is 10.4. The largest absolute Gasteiger partial charge is 0.317 e. The van der Waals surface area contributed by atoms with Crippen LogP contribution in [-0.2, 0) is 0 Å². The summed E-state index contributed by atoms with van der Waals surface area (Å²) in [6.45, 7) is 4.10. The summed E-state index contributed by atoms with van der Waals surface area (Å²) in [5, 5.41) is 4.16. The Hall–Kier alpha value is -1.91. The Bertz CT molecular complexity index is 849. The van der Waals surface area contributed by atoms with Crippen molar-refractivity contribution in [2.45, 2.75) is 25.8 Å². The number of piperidine rings is 1. The van der Waals surface area contributed by atoms with Gasteiger partial charge in [0, 0.05) is 17.8 Å². The molecule has 1 aliphatic rings. The summed E-state index contributed by atoms with van der Waals surface area (Å²) >= 11 is 6.44. The van der Waals surface area contributed by atoms with Crippen LogP contribution < -0.4 is 5.32 Å². The van der Waals surface area contributed by atoms with Gasteiger partial charge in [-0.15, -0.1) is 0 Å². The van der Waals surface area contributed by atoms with Crippen LogP contribution in [0.25, 0.3) is 22.6 Å². The fourth-order valence-electron chi connectivity index (χ4n) is 3.33. The summed E-state index contributed by atoms with van der Waals surface area (Å²) < 4.78 is 2.29. The highest BCUT2D eigenvalue weighted by Crippen LogP contribution is 2.34. The Morgan fingerprint density at radius 1 is 1.22 bits per heavy atom. The number of halogens is 1. The molecule has 0 amide bonds. The second-order valence-corrected chi connectivity index (χ2v) is 6.53. The Morgan fingerprint density at radius 3 is 2.78 bits per heavy atom. The number of benzene rings is 1. The van der Waals surface area contributed by atoms with Gasteiger partial charge in [0.15, 0.2) is 5.65 Å². The molecule has 0 bridgehead atoms. The van der Waals surface area contributed by atoms with Gasteiger partial charge in [-0.2, -0.15) is 0 Å². The van der Waals surface area contributed by atoms with Crippen molar-refractivity contribution in [3.05, 3.63) is 47.1 Å². The first-order chi connectivity index (χ1) is 11.2. The van der Waals surface area contributed by atoms with Crippen LogP contribution in [0.1, 0.15) is 24.4 Å². The van der Waals surface area contributed by atoms with Crippen molar-refractivity contribution in [2.75, 3.05) is 13.1 Å². The van der Waals surface area contributed by atoms with E-state index < -0.39 is 0 Å². The minimum atomic E-state index is 0.405. The van der Waals surface area contributed by atoms with E-state index in [0.717, 1.165) is 59.1 Å². The molecule has 3 heterocycles. The van der Waals surface area contributed by atoms with Crippen LogP contribution in [0.4, 0.5) is 0 Å². The average Bonchev–Trinajstić information content (AvgIpc) is 2.94. The molecule has 3 aromatic rings. The van der Waals surface area contributed by atoms with E-state index in [1.54, 1.807) is 0 Å². The number of nitrogens with zero attached hydrogens (tertiary/aromatic N) is 3. The molecule has 4 rings (SSSR count). The fourth-order valence-corrected chi connectivity index (χ4v) is 3.55. The smallest absolute Gasteiger partial charge is 0.160 e. The van der Waals surface area contributed by atoms with Crippen molar-refractivity contribution >= 4 is 22.8 Å². The molecule has 1 saturated heterocycles. The van der Waals surface area contributed by atoms with Crippen molar-refractivity contribution < 1.29 is 0 Å². The molecule has 0 unspecified atom stereocenters. The number of aromatic nitrogens is 3. The molecular formula is C18H19ClN4. The number of nitrogens with one attached hydrogen (secondary N) is 1. The van der Waals surface area contributed by atoms with E-state index in [2.05, 4.69) is 20.9 Å². The molecule has 0 saturated carbocycles. The number of rotatable bonds is 2. The highest BCUT2D eigenvalue weighted by Gasteiger charge is 2.23. The van der Waals surface area contributed by atoms with Gasteiger partial charge in [-0.3, -0.25) is 0 Å². The zero-order valence-electron chi connectivity index (χ0n) is 13.1. The summed E-state index contributed by atoms with van der Waals surface area (Å²) in [4.78, 5) is 9.54. The Labute approximate surface area is 140 Å². The van der Waals surface area contributed by atoms with Gasteiger partial charge in [-0.05, 0) is 56.6 Å². The number of hydrogen-bond donors (Lipinski definition) is 1. The van der Waals surface area contributed by atoms with Crippen molar-refractivity contribution in [1.82, 2.24) is 19.9 Å². The Balaban J connectivity index is 1.96. The molecule has 2 aromatic heterocycles. The normalized spacial score (nSPS) is 16.1. The van der Waals surface area contributed by atoms with Crippen LogP contribution in [0.15, 0.2) is 36.5 Å². The number of pyridine rings is 1.